The van der Waals surface area contributed by atoms with Gasteiger partial charge in [-0.05, 0) is 12.5 Å². The molecular weight excluding hydrogens is 190 g/mol. The van der Waals surface area contributed by atoms with Gasteiger partial charge in [0.1, 0.15) is 5.82 Å². The van der Waals surface area contributed by atoms with E-state index >= 15 is 0 Å². The number of aliphatic hydroxyl groups excluding tert-OH is 1. The summed E-state index contributed by atoms with van der Waals surface area (Å²) in [6.07, 6.45) is 2.20. The van der Waals surface area contributed by atoms with Crippen molar-refractivity contribution in [2.75, 3.05) is 24.2 Å². The first-order valence-electron chi connectivity index (χ1n) is 4.00. The van der Waals surface area contributed by atoms with E-state index in [0.717, 1.165) is 0 Å². The zero-order chi connectivity index (χ0) is 9.68. The van der Waals surface area contributed by atoms with Gasteiger partial charge in [0.25, 0.3) is 0 Å². The average molecular weight is 202 g/mol. The van der Waals surface area contributed by atoms with E-state index in [-0.39, 0.29) is 6.61 Å². The Bertz CT molecular complexity index is 280. The van der Waals surface area contributed by atoms with Gasteiger partial charge >= 0.3 is 0 Å². The third-order valence-electron chi connectivity index (χ3n) is 1.49. The van der Waals surface area contributed by atoms with Gasteiger partial charge in [-0.25, -0.2) is 4.98 Å². The normalized spacial score (nSPS) is 10.0. The highest BCUT2D eigenvalue weighted by Crippen LogP contribution is 2.20. The maximum absolute atomic E-state index is 8.54. The molecule has 1 aromatic heterocycles. The monoisotopic (exact) mass is 201 g/mol. The number of aliphatic hydroxyl groups is 1. The van der Waals surface area contributed by atoms with Crippen LogP contribution in [0.2, 0.25) is 5.02 Å². The minimum atomic E-state index is 0.152. The molecule has 0 radical (unpaired) electrons. The van der Waals surface area contributed by atoms with Gasteiger partial charge in [0, 0.05) is 13.2 Å². The van der Waals surface area contributed by atoms with E-state index in [2.05, 4.69) is 10.3 Å². The van der Waals surface area contributed by atoms with Gasteiger partial charge in [-0.2, -0.15) is 0 Å². The molecule has 4 nitrogen and oxygen atoms in total. The van der Waals surface area contributed by atoms with Gasteiger partial charge in [-0.15, -0.1) is 0 Å². The standard InChI is InChI=1S/C8H12ClN3O/c9-7-4-6(10)5-12-8(7)11-2-1-3-13/h4-5,13H,1-3,10H2,(H,11,12). The molecule has 0 fully saturated rings. The fourth-order valence-corrected chi connectivity index (χ4v) is 1.11. The van der Waals surface area contributed by atoms with Crippen molar-refractivity contribution >= 4 is 23.1 Å². The lowest BCUT2D eigenvalue weighted by atomic mass is 10.4. The molecule has 0 saturated carbocycles. The molecule has 0 amide bonds. The highest BCUT2D eigenvalue weighted by Gasteiger charge is 2.00. The van der Waals surface area contributed by atoms with Crippen molar-refractivity contribution in [3.8, 4) is 0 Å². The molecule has 0 aliphatic carbocycles. The minimum absolute atomic E-state index is 0.152. The molecule has 0 unspecified atom stereocenters. The molecule has 1 aromatic rings. The molecule has 0 aliphatic heterocycles. The Morgan fingerprint density at radius 3 is 3.00 bits per heavy atom. The van der Waals surface area contributed by atoms with E-state index < -0.39 is 0 Å². The van der Waals surface area contributed by atoms with Crippen LogP contribution in [0.15, 0.2) is 12.3 Å². The fraction of sp³-hybridized carbons (Fsp3) is 0.375. The predicted octanol–water partition coefficient (Wildman–Crippen LogP) is 1.11. The topological polar surface area (TPSA) is 71.2 Å². The van der Waals surface area contributed by atoms with Gasteiger partial charge in [0.15, 0.2) is 0 Å². The van der Waals surface area contributed by atoms with Crippen LogP contribution in [0.5, 0.6) is 0 Å². The smallest absolute Gasteiger partial charge is 0.144 e. The number of hydrogen-bond acceptors (Lipinski definition) is 4. The first kappa shape index (κ1) is 10.1. The number of hydrogen-bond donors (Lipinski definition) is 3. The fourth-order valence-electron chi connectivity index (χ4n) is 0.869. The Kier molecular flexibility index (Phi) is 3.79. The Hall–Kier alpha value is -1.00. The summed E-state index contributed by atoms with van der Waals surface area (Å²) in [5, 5.41) is 12.0. The molecule has 0 atom stereocenters. The van der Waals surface area contributed by atoms with E-state index in [1.807, 2.05) is 0 Å². The van der Waals surface area contributed by atoms with Crippen molar-refractivity contribution in [1.82, 2.24) is 4.98 Å². The number of anilines is 2. The zero-order valence-corrected chi connectivity index (χ0v) is 7.88. The quantitative estimate of drug-likeness (QED) is 0.639. The van der Waals surface area contributed by atoms with Crippen LogP contribution in [-0.2, 0) is 0 Å². The van der Waals surface area contributed by atoms with Crippen LogP contribution in [0.25, 0.3) is 0 Å². The third-order valence-corrected chi connectivity index (χ3v) is 1.78. The Labute approximate surface area is 81.7 Å². The lowest BCUT2D eigenvalue weighted by Crippen LogP contribution is -2.05. The zero-order valence-electron chi connectivity index (χ0n) is 7.13. The van der Waals surface area contributed by atoms with Gasteiger partial charge in [-0.1, -0.05) is 11.6 Å². The summed E-state index contributed by atoms with van der Waals surface area (Å²) in [5.74, 6) is 0.601. The maximum atomic E-state index is 8.54. The van der Waals surface area contributed by atoms with Gasteiger partial charge in [0.2, 0.25) is 0 Å². The van der Waals surface area contributed by atoms with Crippen molar-refractivity contribution in [2.24, 2.45) is 0 Å². The molecule has 1 rings (SSSR count). The lowest BCUT2D eigenvalue weighted by molar-refractivity contribution is 0.292. The molecule has 0 bridgehead atoms. The summed E-state index contributed by atoms with van der Waals surface area (Å²) in [6.45, 7) is 0.798. The molecule has 72 valence electrons. The number of rotatable bonds is 4. The van der Waals surface area contributed by atoms with Crippen LogP contribution in [0.3, 0.4) is 0 Å². The summed E-state index contributed by atoms with van der Waals surface area (Å²) in [6, 6.07) is 1.63. The summed E-state index contributed by atoms with van der Waals surface area (Å²) in [5.41, 5.74) is 6.01. The van der Waals surface area contributed by atoms with Gasteiger partial charge in [0.05, 0.1) is 16.9 Å². The first-order chi connectivity index (χ1) is 6.24. The highest BCUT2D eigenvalue weighted by molar-refractivity contribution is 6.33. The number of nitrogens with zero attached hydrogens (tertiary/aromatic N) is 1. The summed E-state index contributed by atoms with van der Waals surface area (Å²) < 4.78 is 0. The number of aromatic nitrogens is 1. The van der Waals surface area contributed by atoms with E-state index in [1.54, 1.807) is 6.07 Å². The summed E-state index contributed by atoms with van der Waals surface area (Å²) in [7, 11) is 0. The van der Waals surface area contributed by atoms with Crippen molar-refractivity contribution in [1.29, 1.82) is 0 Å². The SMILES string of the molecule is Nc1cnc(NCCCO)c(Cl)c1. The van der Waals surface area contributed by atoms with E-state index in [9.17, 15) is 0 Å². The second-order valence-electron chi connectivity index (χ2n) is 2.60. The number of nitrogens with one attached hydrogen (secondary N) is 1. The van der Waals surface area contributed by atoms with Crippen LogP contribution < -0.4 is 11.1 Å². The number of nitrogen functional groups attached to an aromatic ring is 1. The molecule has 4 N–H and O–H groups in total. The molecule has 0 spiro atoms. The van der Waals surface area contributed by atoms with Crippen molar-refractivity contribution < 1.29 is 5.11 Å². The van der Waals surface area contributed by atoms with E-state index in [4.69, 9.17) is 22.4 Å². The molecule has 0 aliphatic rings. The van der Waals surface area contributed by atoms with Crippen LogP contribution in [0, 0.1) is 0 Å². The minimum Gasteiger partial charge on any atom is -0.397 e. The molecule has 13 heavy (non-hydrogen) atoms. The molecule has 0 aromatic carbocycles. The summed E-state index contributed by atoms with van der Waals surface area (Å²) >= 11 is 5.84. The first-order valence-corrected chi connectivity index (χ1v) is 4.37. The Morgan fingerprint density at radius 1 is 1.62 bits per heavy atom. The molecule has 5 heteroatoms. The highest BCUT2D eigenvalue weighted by atomic mass is 35.5. The Balaban J connectivity index is 2.56. The lowest BCUT2D eigenvalue weighted by Gasteiger charge is -2.06. The van der Waals surface area contributed by atoms with Crippen LogP contribution in [0.1, 0.15) is 6.42 Å². The third kappa shape index (κ3) is 3.08. The van der Waals surface area contributed by atoms with Crippen molar-refractivity contribution in [3.05, 3.63) is 17.3 Å². The van der Waals surface area contributed by atoms with Crippen molar-refractivity contribution in [3.63, 3.8) is 0 Å². The second-order valence-corrected chi connectivity index (χ2v) is 3.01. The van der Waals surface area contributed by atoms with Gasteiger partial charge < -0.3 is 16.2 Å². The predicted molar refractivity (Wildman–Crippen MR) is 53.9 cm³/mol. The number of halogens is 1. The van der Waals surface area contributed by atoms with Crippen LogP contribution in [-0.4, -0.2) is 23.2 Å². The molecule has 1 heterocycles. The molecular formula is C8H12ClN3O. The van der Waals surface area contributed by atoms with Crippen LogP contribution in [0.4, 0.5) is 11.5 Å². The van der Waals surface area contributed by atoms with E-state index in [1.165, 1.54) is 6.20 Å². The Morgan fingerprint density at radius 2 is 2.38 bits per heavy atom. The van der Waals surface area contributed by atoms with Gasteiger partial charge in [-0.3, -0.25) is 0 Å². The molecule has 0 saturated heterocycles. The average Bonchev–Trinajstić information content (AvgIpc) is 2.09. The largest absolute Gasteiger partial charge is 0.397 e. The second kappa shape index (κ2) is 4.89. The summed E-state index contributed by atoms with van der Waals surface area (Å²) in [4.78, 5) is 4.00. The number of pyridine rings is 1. The van der Waals surface area contributed by atoms with E-state index in [0.29, 0.717) is 29.5 Å². The van der Waals surface area contributed by atoms with Crippen molar-refractivity contribution in [2.45, 2.75) is 6.42 Å². The van der Waals surface area contributed by atoms with Crippen LogP contribution >= 0.6 is 11.6 Å². The maximum Gasteiger partial charge on any atom is 0.144 e. The number of nitrogens with two attached hydrogens (primary N) is 1.